The van der Waals surface area contributed by atoms with Crippen LogP contribution in [0.4, 0.5) is 4.79 Å². The zero-order valence-corrected chi connectivity index (χ0v) is 8.98. The molecule has 6 nitrogen and oxygen atoms in total. The maximum absolute atomic E-state index is 11.4. The van der Waals surface area contributed by atoms with Gasteiger partial charge in [-0.05, 0) is 20.8 Å². The van der Waals surface area contributed by atoms with E-state index in [1.807, 2.05) is 0 Å². The first kappa shape index (κ1) is 11.5. The third-order valence-corrected chi connectivity index (χ3v) is 2.04. The summed E-state index contributed by atoms with van der Waals surface area (Å²) in [5.74, 6) is -0.922. The number of hydrogen-bond donors (Lipinski definition) is 1. The van der Waals surface area contributed by atoms with Crippen LogP contribution in [0.2, 0.25) is 0 Å². The molecule has 84 valence electrons. The third-order valence-electron chi connectivity index (χ3n) is 2.04. The Morgan fingerprint density at radius 3 is 1.93 bits per heavy atom. The lowest BCUT2D eigenvalue weighted by Crippen LogP contribution is -2.57. The van der Waals surface area contributed by atoms with Crippen LogP contribution < -0.4 is 0 Å². The highest BCUT2D eigenvalue weighted by molar-refractivity contribution is 6.02. The van der Waals surface area contributed by atoms with Gasteiger partial charge in [-0.15, -0.1) is 0 Å². The highest BCUT2D eigenvalue weighted by atomic mass is 16.4. The van der Waals surface area contributed by atoms with Crippen molar-refractivity contribution in [2.75, 3.05) is 0 Å². The van der Waals surface area contributed by atoms with Crippen molar-refractivity contribution in [3.05, 3.63) is 0 Å². The molecule has 0 aromatic rings. The van der Waals surface area contributed by atoms with Crippen molar-refractivity contribution < 1.29 is 19.5 Å². The largest absolute Gasteiger partial charge is 0.464 e. The Morgan fingerprint density at radius 2 is 1.67 bits per heavy atom. The fourth-order valence-corrected chi connectivity index (χ4v) is 1.46. The smallest absolute Gasteiger partial charge is 0.427 e. The van der Waals surface area contributed by atoms with Crippen LogP contribution in [-0.4, -0.2) is 38.6 Å². The monoisotopic (exact) mass is 214 g/mol. The van der Waals surface area contributed by atoms with E-state index in [4.69, 9.17) is 5.11 Å². The van der Waals surface area contributed by atoms with Gasteiger partial charge in [-0.25, -0.2) is 9.80 Å². The number of carbonyl (C=O) groups is 3. The lowest BCUT2D eigenvalue weighted by molar-refractivity contribution is -0.161. The van der Waals surface area contributed by atoms with Gasteiger partial charge in [-0.3, -0.25) is 9.59 Å². The number of imide groups is 1. The highest BCUT2D eigenvalue weighted by Crippen LogP contribution is 2.22. The minimum atomic E-state index is -1.30. The number of rotatable bonds is 1. The van der Waals surface area contributed by atoms with Crippen LogP contribution in [-0.2, 0) is 9.59 Å². The Balaban J connectivity index is 3.05. The quantitative estimate of drug-likeness (QED) is 0.656. The molecule has 0 bridgehead atoms. The second-order valence-electron chi connectivity index (χ2n) is 4.36. The topological polar surface area (TPSA) is 77.9 Å². The molecule has 0 radical (unpaired) electrons. The lowest BCUT2D eigenvalue weighted by Gasteiger charge is -2.37. The van der Waals surface area contributed by atoms with Crippen molar-refractivity contribution in [2.24, 2.45) is 0 Å². The van der Waals surface area contributed by atoms with E-state index in [0.29, 0.717) is 0 Å². The van der Waals surface area contributed by atoms with Crippen molar-refractivity contribution in [1.82, 2.24) is 10.0 Å². The standard InChI is InChI=1S/C9H14N2O4/c1-9(2,3)11(8(14)15)10-6(12)4-5-7(10)13/h4-5H2,1-3H3,(H,14,15). The molecule has 0 atom stereocenters. The van der Waals surface area contributed by atoms with E-state index in [1.165, 1.54) is 0 Å². The molecule has 1 N–H and O–H groups in total. The fourth-order valence-electron chi connectivity index (χ4n) is 1.46. The zero-order valence-electron chi connectivity index (χ0n) is 8.98. The van der Waals surface area contributed by atoms with Gasteiger partial charge in [0.1, 0.15) is 0 Å². The van der Waals surface area contributed by atoms with Gasteiger partial charge >= 0.3 is 6.09 Å². The Hall–Kier alpha value is -1.59. The Morgan fingerprint density at radius 1 is 1.27 bits per heavy atom. The van der Waals surface area contributed by atoms with Gasteiger partial charge in [-0.2, -0.15) is 5.01 Å². The summed E-state index contributed by atoms with van der Waals surface area (Å²) in [6.07, 6.45) is -1.14. The number of carbonyl (C=O) groups excluding carboxylic acids is 2. The lowest BCUT2D eigenvalue weighted by atomic mass is 10.1. The van der Waals surface area contributed by atoms with Crippen LogP contribution in [0, 0.1) is 0 Å². The molecule has 6 heteroatoms. The van der Waals surface area contributed by atoms with E-state index in [0.717, 1.165) is 10.0 Å². The van der Waals surface area contributed by atoms with Gasteiger partial charge in [-0.1, -0.05) is 0 Å². The van der Waals surface area contributed by atoms with E-state index in [-0.39, 0.29) is 12.8 Å². The molecule has 1 saturated heterocycles. The number of carboxylic acid groups (broad SMARTS) is 1. The second-order valence-corrected chi connectivity index (χ2v) is 4.36. The maximum atomic E-state index is 11.4. The molecule has 1 aliphatic rings. The Bertz CT molecular complexity index is 303. The molecule has 3 amide bonds. The minimum Gasteiger partial charge on any atom is -0.464 e. The summed E-state index contributed by atoms with van der Waals surface area (Å²) in [6, 6.07) is 0. The average molecular weight is 214 g/mol. The molecule has 1 aliphatic heterocycles. The summed E-state index contributed by atoms with van der Waals surface area (Å²) in [6.45, 7) is 4.88. The van der Waals surface area contributed by atoms with Gasteiger partial charge in [0.25, 0.3) is 0 Å². The van der Waals surface area contributed by atoms with Gasteiger partial charge in [0.2, 0.25) is 11.8 Å². The summed E-state index contributed by atoms with van der Waals surface area (Å²) in [4.78, 5) is 33.8. The van der Waals surface area contributed by atoms with Crippen molar-refractivity contribution in [3.8, 4) is 0 Å². The maximum Gasteiger partial charge on any atom is 0.427 e. The molecule has 0 aromatic carbocycles. The summed E-state index contributed by atoms with van der Waals surface area (Å²) < 4.78 is 0. The molecule has 1 fully saturated rings. The van der Waals surface area contributed by atoms with Crippen LogP contribution >= 0.6 is 0 Å². The van der Waals surface area contributed by atoms with E-state index in [9.17, 15) is 14.4 Å². The van der Waals surface area contributed by atoms with Crippen molar-refractivity contribution in [3.63, 3.8) is 0 Å². The van der Waals surface area contributed by atoms with E-state index in [2.05, 4.69) is 0 Å². The SMILES string of the molecule is CC(C)(C)N(C(=O)O)N1C(=O)CCC1=O. The third kappa shape index (κ3) is 2.08. The first-order chi connectivity index (χ1) is 6.75. The summed E-state index contributed by atoms with van der Waals surface area (Å²) in [7, 11) is 0. The second kappa shape index (κ2) is 3.52. The van der Waals surface area contributed by atoms with E-state index >= 15 is 0 Å². The number of hydrogen-bond acceptors (Lipinski definition) is 3. The van der Waals surface area contributed by atoms with Gasteiger partial charge < -0.3 is 5.11 Å². The molecule has 0 aromatic heterocycles. The predicted octanol–water partition coefficient (Wildman–Crippen LogP) is 0.829. The fraction of sp³-hybridized carbons (Fsp3) is 0.667. The van der Waals surface area contributed by atoms with E-state index < -0.39 is 23.4 Å². The van der Waals surface area contributed by atoms with Crippen molar-refractivity contribution in [2.45, 2.75) is 39.2 Å². The average Bonchev–Trinajstić information content (AvgIpc) is 2.32. The molecule has 15 heavy (non-hydrogen) atoms. The van der Waals surface area contributed by atoms with Crippen LogP contribution in [0.3, 0.4) is 0 Å². The van der Waals surface area contributed by atoms with Crippen LogP contribution in [0.1, 0.15) is 33.6 Å². The minimum absolute atomic E-state index is 0.0820. The molecule has 0 unspecified atom stereocenters. The van der Waals surface area contributed by atoms with Crippen molar-refractivity contribution >= 4 is 17.9 Å². The predicted molar refractivity (Wildman–Crippen MR) is 50.7 cm³/mol. The first-order valence-corrected chi connectivity index (χ1v) is 4.64. The molecule has 0 saturated carbocycles. The van der Waals surface area contributed by atoms with E-state index in [1.54, 1.807) is 20.8 Å². The molecule has 1 rings (SSSR count). The van der Waals surface area contributed by atoms with Crippen LogP contribution in [0.15, 0.2) is 0 Å². The number of amides is 3. The summed E-state index contributed by atoms with van der Waals surface area (Å²) in [5.41, 5.74) is -0.818. The number of hydrazine groups is 1. The summed E-state index contributed by atoms with van der Waals surface area (Å²) >= 11 is 0. The highest BCUT2D eigenvalue weighted by Gasteiger charge is 2.42. The van der Waals surface area contributed by atoms with Gasteiger partial charge in [0, 0.05) is 12.8 Å². The molecule has 1 heterocycles. The Kier molecular flexibility index (Phi) is 2.70. The number of nitrogens with zero attached hydrogens (tertiary/aromatic N) is 2. The van der Waals surface area contributed by atoms with Gasteiger partial charge in [0.05, 0.1) is 5.54 Å². The van der Waals surface area contributed by atoms with Crippen molar-refractivity contribution in [1.29, 1.82) is 0 Å². The molecular formula is C9H14N2O4. The molecule has 0 spiro atoms. The zero-order chi connectivity index (χ0) is 11.8. The molecular weight excluding hydrogens is 200 g/mol. The van der Waals surface area contributed by atoms with Gasteiger partial charge in [0.15, 0.2) is 0 Å². The Labute approximate surface area is 87.4 Å². The molecule has 0 aliphatic carbocycles. The normalized spacial score (nSPS) is 17.1. The summed E-state index contributed by atoms with van der Waals surface area (Å²) in [5, 5.41) is 10.5. The van der Waals surface area contributed by atoms with Crippen LogP contribution in [0.5, 0.6) is 0 Å². The first-order valence-electron chi connectivity index (χ1n) is 4.64. The van der Waals surface area contributed by atoms with Crippen LogP contribution in [0.25, 0.3) is 0 Å².